The first-order valence-electron chi connectivity index (χ1n) is 8.00. The normalized spacial score (nSPS) is 13.2. The molecule has 2 heterocycles. The third-order valence-electron chi connectivity index (χ3n) is 3.65. The summed E-state index contributed by atoms with van der Waals surface area (Å²) in [6.45, 7) is 2.89. The highest BCUT2D eigenvalue weighted by Crippen LogP contribution is 2.20. The zero-order chi connectivity index (χ0) is 20.3. The average Bonchev–Trinajstić information content (AvgIpc) is 2.60. The average molecular weight is 381 g/mol. The van der Waals surface area contributed by atoms with Crippen molar-refractivity contribution < 1.29 is 24.2 Å². The molecule has 0 unspecified atom stereocenters. The lowest BCUT2D eigenvalue weighted by molar-refractivity contribution is -0.162. The number of aromatic nitrogens is 4. The number of nitrogens with zero attached hydrogens (tertiary/aromatic N) is 3. The van der Waals surface area contributed by atoms with Crippen LogP contribution in [0.5, 0.6) is 0 Å². The predicted octanol–water partition coefficient (Wildman–Crippen LogP) is -1.83. The fourth-order valence-corrected chi connectivity index (χ4v) is 2.43. The highest BCUT2D eigenvalue weighted by molar-refractivity contribution is 5.87. The van der Waals surface area contributed by atoms with Gasteiger partial charge >= 0.3 is 11.9 Å². The topological polar surface area (TPSA) is 179 Å². The van der Waals surface area contributed by atoms with Gasteiger partial charge in [-0.2, -0.15) is 4.98 Å². The van der Waals surface area contributed by atoms with Crippen LogP contribution in [0.1, 0.15) is 25.5 Å². The van der Waals surface area contributed by atoms with Crippen LogP contribution >= 0.6 is 0 Å². The monoisotopic (exact) mass is 381 g/mol. The van der Waals surface area contributed by atoms with E-state index in [1.165, 1.54) is 20.9 Å². The van der Waals surface area contributed by atoms with Crippen LogP contribution < -0.4 is 16.9 Å². The van der Waals surface area contributed by atoms with E-state index < -0.39 is 40.8 Å². The van der Waals surface area contributed by atoms with E-state index in [4.69, 9.17) is 15.2 Å². The number of nitrogens with two attached hydrogens (primary N) is 1. The SMILES string of the molecule is CCOC(=O)[C@H](O)[C@@H](C(=O)OCC)c1nc2c(=O)[nH]c(N)nc2n(C)c1=O. The van der Waals surface area contributed by atoms with Crippen LogP contribution in [0.4, 0.5) is 5.95 Å². The minimum Gasteiger partial charge on any atom is -0.465 e. The minimum atomic E-state index is -2.05. The molecule has 12 nitrogen and oxygen atoms in total. The molecule has 0 amide bonds. The summed E-state index contributed by atoms with van der Waals surface area (Å²) in [4.78, 5) is 59.0. The molecule has 0 aliphatic rings. The Morgan fingerprint density at radius 1 is 1.19 bits per heavy atom. The summed E-state index contributed by atoms with van der Waals surface area (Å²) >= 11 is 0. The molecule has 12 heteroatoms. The van der Waals surface area contributed by atoms with Gasteiger partial charge in [0.2, 0.25) is 5.95 Å². The Balaban J connectivity index is 2.75. The number of aromatic amines is 1. The predicted molar refractivity (Wildman–Crippen MR) is 91.8 cm³/mol. The van der Waals surface area contributed by atoms with Crippen LogP contribution in [0, 0.1) is 0 Å². The molecule has 146 valence electrons. The van der Waals surface area contributed by atoms with Gasteiger partial charge in [0.05, 0.1) is 13.2 Å². The molecule has 0 aliphatic carbocycles. The molecule has 0 fully saturated rings. The number of hydrogen-bond acceptors (Lipinski definition) is 10. The number of esters is 2. The molecule has 0 saturated heterocycles. The summed E-state index contributed by atoms with van der Waals surface area (Å²) in [6.07, 6.45) is -2.05. The van der Waals surface area contributed by atoms with Gasteiger partial charge in [-0.05, 0) is 13.8 Å². The molecule has 0 bridgehead atoms. The molecule has 4 N–H and O–H groups in total. The number of fused-ring (bicyclic) bond motifs is 1. The van der Waals surface area contributed by atoms with E-state index in [9.17, 15) is 24.3 Å². The number of nitrogen functional groups attached to an aromatic ring is 1. The number of anilines is 1. The van der Waals surface area contributed by atoms with Crippen molar-refractivity contribution in [3.05, 3.63) is 26.4 Å². The van der Waals surface area contributed by atoms with E-state index in [1.54, 1.807) is 0 Å². The number of aliphatic hydroxyl groups excluding tert-OH is 1. The van der Waals surface area contributed by atoms with Crippen LogP contribution in [-0.2, 0) is 26.1 Å². The van der Waals surface area contributed by atoms with Gasteiger partial charge in [-0.15, -0.1) is 0 Å². The Kier molecular flexibility index (Phi) is 5.90. The van der Waals surface area contributed by atoms with Gasteiger partial charge in [0.25, 0.3) is 11.1 Å². The maximum atomic E-state index is 12.7. The van der Waals surface area contributed by atoms with Crippen LogP contribution in [0.15, 0.2) is 9.59 Å². The van der Waals surface area contributed by atoms with Gasteiger partial charge in [-0.1, -0.05) is 0 Å². The Hall–Kier alpha value is -3.28. The summed E-state index contributed by atoms with van der Waals surface area (Å²) in [6, 6.07) is 0. The summed E-state index contributed by atoms with van der Waals surface area (Å²) in [5.41, 5.74) is 2.86. The van der Waals surface area contributed by atoms with Crippen LogP contribution in [0.25, 0.3) is 11.2 Å². The Bertz CT molecular complexity index is 996. The maximum Gasteiger partial charge on any atom is 0.336 e. The van der Waals surface area contributed by atoms with Crippen LogP contribution in [0.3, 0.4) is 0 Å². The van der Waals surface area contributed by atoms with Crippen LogP contribution in [0.2, 0.25) is 0 Å². The lowest BCUT2D eigenvalue weighted by atomic mass is 9.98. The van der Waals surface area contributed by atoms with Gasteiger partial charge < -0.3 is 20.3 Å². The first-order chi connectivity index (χ1) is 12.7. The lowest BCUT2D eigenvalue weighted by Crippen LogP contribution is -2.41. The molecule has 2 aromatic rings. The summed E-state index contributed by atoms with van der Waals surface area (Å²) in [5, 5.41) is 10.3. The lowest BCUT2D eigenvalue weighted by Gasteiger charge is -2.20. The standard InChI is InChI=1S/C15H19N5O7/c1-4-26-13(24)6(9(21)14(25)27-5-2)7-12(23)20(3)10-8(17-7)11(22)19-15(16)18-10/h6,9,21H,4-5H2,1-3H3,(H3,16,18,19,22)/t6-,9+/m0/s1. The van der Waals surface area contributed by atoms with Crippen molar-refractivity contribution in [3.8, 4) is 0 Å². The fraction of sp³-hybridized carbons (Fsp3) is 0.467. The number of rotatable bonds is 6. The third-order valence-corrected chi connectivity index (χ3v) is 3.65. The van der Waals surface area contributed by atoms with E-state index in [0.29, 0.717) is 0 Å². The number of nitrogens with one attached hydrogen (secondary N) is 1. The van der Waals surface area contributed by atoms with E-state index >= 15 is 0 Å². The summed E-state index contributed by atoms with van der Waals surface area (Å²) in [5.74, 6) is -4.22. The minimum absolute atomic E-state index is 0.0581. The highest BCUT2D eigenvalue weighted by atomic mass is 16.6. The van der Waals surface area contributed by atoms with Gasteiger partial charge in [0.1, 0.15) is 11.6 Å². The number of H-pyrrole nitrogens is 1. The van der Waals surface area contributed by atoms with Gasteiger partial charge in [-0.3, -0.25) is 23.9 Å². The maximum absolute atomic E-state index is 12.7. The second-order valence-electron chi connectivity index (χ2n) is 5.41. The second-order valence-corrected chi connectivity index (χ2v) is 5.41. The van der Waals surface area contributed by atoms with Crippen molar-refractivity contribution in [2.24, 2.45) is 7.05 Å². The number of carbonyl (C=O) groups is 2. The van der Waals surface area contributed by atoms with E-state index in [-0.39, 0.29) is 30.3 Å². The molecule has 2 aromatic heterocycles. The van der Waals surface area contributed by atoms with Crippen LogP contribution in [-0.4, -0.2) is 55.9 Å². The van der Waals surface area contributed by atoms with Crippen molar-refractivity contribution >= 4 is 29.1 Å². The van der Waals surface area contributed by atoms with E-state index in [0.717, 1.165) is 4.57 Å². The van der Waals surface area contributed by atoms with Crippen molar-refractivity contribution in [1.29, 1.82) is 0 Å². The number of hydrogen-bond donors (Lipinski definition) is 3. The highest BCUT2D eigenvalue weighted by Gasteiger charge is 2.39. The van der Waals surface area contributed by atoms with Gasteiger partial charge in [0.15, 0.2) is 17.3 Å². The zero-order valence-corrected chi connectivity index (χ0v) is 14.9. The Morgan fingerprint density at radius 2 is 1.78 bits per heavy atom. The number of aryl methyl sites for hydroxylation is 1. The first-order valence-corrected chi connectivity index (χ1v) is 8.00. The van der Waals surface area contributed by atoms with E-state index in [1.807, 2.05) is 0 Å². The first kappa shape index (κ1) is 20.0. The smallest absolute Gasteiger partial charge is 0.336 e. The molecule has 0 spiro atoms. The quantitative estimate of drug-likeness (QED) is 0.482. The molecular weight excluding hydrogens is 362 g/mol. The number of aliphatic hydroxyl groups is 1. The molecule has 2 rings (SSSR count). The Labute approximate surface area is 151 Å². The second kappa shape index (κ2) is 7.95. The largest absolute Gasteiger partial charge is 0.465 e. The molecule has 0 radical (unpaired) electrons. The molecule has 2 atom stereocenters. The molecule has 0 aromatic carbocycles. The molecule has 27 heavy (non-hydrogen) atoms. The molecule has 0 aliphatic heterocycles. The van der Waals surface area contributed by atoms with Gasteiger partial charge in [0, 0.05) is 7.05 Å². The Morgan fingerprint density at radius 3 is 2.37 bits per heavy atom. The fourth-order valence-electron chi connectivity index (χ4n) is 2.43. The summed E-state index contributed by atoms with van der Waals surface area (Å²) in [7, 11) is 1.28. The summed E-state index contributed by atoms with van der Waals surface area (Å²) < 4.78 is 10.5. The zero-order valence-electron chi connectivity index (χ0n) is 14.9. The number of ether oxygens (including phenoxy) is 2. The third kappa shape index (κ3) is 3.79. The van der Waals surface area contributed by atoms with E-state index in [2.05, 4.69) is 15.0 Å². The number of carbonyl (C=O) groups excluding carboxylic acids is 2. The van der Waals surface area contributed by atoms with Crippen molar-refractivity contribution in [2.45, 2.75) is 25.9 Å². The molecule has 0 saturated carbocycles. The van der Waals surface area contributed by atoms with Gasteiger partial charge in [-0.25, -0.2) is 9.78 Å². The van der Waals surface area contributed by atoms with Crippen molar-refractivity contribution in [1.82, 2.24) is 19.5 Å². The van der Waals surface area contributed by atoms with Crippen molar-refractivity contribution in [2.75, 3.05) is 18.9 Å². The molecular formula is C15H19N5O7. The van der Waals surface area contributed by atoms with Crippen molar-refractivity contribution in [3.63, 3.8) is 0 Å².